The molecule has 0 fully saturated rings. The lowest BCUT2D eigenvalue weighted by Gasteiger charge is -2.08. The first-order valence-corrected chi connectivity index (χ1v) is 12.0. The second-order valence-corrected chi connectivity index (χ2v) is 8.11. The quantitative estimate of drug-likeness (QED) is 0.270. The van der Waals surface area contributed by atoms with Crippen molar-refractivity contribution in [2.45, 2.75) is 64.6 Å². The van der Waals surface area contributed by atoms with E-state index < -0.39 is 6.09 Å². The van der Waals surface area contributed by atoms with Crippen LogP contribution in [0.15, 0.2) is 60.7 Å². The molecule has 0 radical (unpaired) electrons. The van der Waals surface area contributed by atoms with Gasteiger partial charge in [0.05, 0.1) is 0 Å². The highest BCUT2D eigenvalue weighted by atomic mass is 16.5. The molecular formula is C27H36N2O5. The first-order chi connectivity index (χ1) is 16.6. The second kappa shape index (κ2) is 17.2. The van der Waals surface area contributed by atoms with Crippen LogP contribution in [0.3, 0.4) is 0 Å². The number of benzene rings is 2. The Bertz CT molecular complexity index is 773. The predicted octanol–water partition coefficient (Wildman–Crippen LogP) is 4.89. The largest absolute Gasteiger partial charge is 0.461 e. The Morgan fingerprint density at radius 2 is 1.12 bits per heavy atom. The predicted molar refractivity (Wildman–Crippen MR) is 131 cm³/mol. The van der Waals surface area contributed by atoms with Gasteiger partial charge >= 0.3 is 12.1 Å². The molecule has 2 aromatic rings. The Morgan fingerprint density at radius 1 is 0.588 bits per heavy atom. The molecule has 0 unspecified atom stereocenters. The first-order valence-electron chi connectivity index (χ1n) is 12.0. The second-order valence-electron chi connectivity index (χ2n) is 8.11. The van der Waals surface area contributed by atoms with Gasteiger partial charge in [-0.05, 0) is 36.8 Å². The molecular weight excluding hydrogens is 432 g/mol. The summed E-state index contributed by atoms with van der Waals surface area (Å²) in [5.41, 5.74) is 1.93. The van der Waals surface area contributed by atoms with Crippen LogP contribution < -0.4 is 10.6 Å². The van der Waals surface area contributed by atoms with Gasteiger partial charge in [0.1, 0.15) is 13.2 Å². The van der Waals surface area contributed by atoms with Crippen molar-refractivity contribution in [2.24, 2.45) is 0 Å². The zero-order valence-corrected chi connectivity index (χ0v) is 19.8. The Morgan fingerprint density at radius 3 is 1.74 bits per heavy atom. The van der Waals surface area contributed by atoms with Gasteiger partial charge in [0.25, 0.3) is 0 Å². The fourth-order valence-electron chi connectivity index (χ4n) is 3.25. The minimum atomic E-state index is -0.425. The third-order valence-electron chi connectivity index (χ3n) is 5.19. The van der Waals surface area contributed by atoms with Gasteiger partial charge in [0.15, 0.2) is 0 Å². The van der Waals surface area contributed by atoms with Gasteiger partial charge in [-0.2, -0.15) is 0 Å². The minimum Gasteiger partial charge on any atom is -0.461 e. The van der Waals surface area contributed by atoms with Crippen molar-refractivity contribution >= 4 is 18.0 Å². The molecule has 2 rings (SSSR count). The van der Waals surface area contributed by atoms with E-state index in [-0.39, 0.29) is 18.5 Å². The summed E-state index contributed by atoms with van der Waals surface area (Å²) < 4.78 is 10.4. The summed E-state index contributed by atoms with van der Waals surface area (Å²) in [5, 5.41) is 5.64. The standard InChI is InChI=1S/C27H36N2O5/c30-25(17-9-3-12-20-29-27(32)34-22-24-15-7-2-8-16-24)28-19-11-4-10-18-26(31)33-21-23-13-5-1-6-14-23/h1-2,5-8,13-16H,3-4,9-12,17-22H2,(H,28,30)(H,29,32). The van der Waals surface area contributed by atoms with Crippen LogP contribution in [-0.4, -0.2) is 31.1 Å². The lowest BCUT2D eigenvalue weighted by molar-refractivity contribution is -0.145. The molecule has 2 N–H and O–H groups in total. The third-order valence-corrected chi connectivity index (χ3v) is 5.19. The van der Waals surface area contributed by atoms with Crippen molar-refractivity contribution in [3.8, 4) is 0 Å². The maximum atomic E-state index is 11.9. The molecule has 0 saturated carbocycles. The van der Waals surface area contributed by atoms with Gasteiger partial charge < -0.3 is 20.1 Å². The molecule has 0 aliphatic heterocycles. The maximum absolute atomic E-state index is 11.9. The van der Waals surface area contributed by atoms with Crippen molar-refractivity contribution in [2.75, 3.05) is 13.1 Å². The number of carbonyl (C=O) groups excluding carboxylic acids is 3. The number of alkyl carbamates (subject to hydrolysis) is 1. The number of unbranched alkanes of at least 4 members (excludes halogenated alkanes) is 4. The van der Waals surface area contributed by atoms with Crippen LogP contribution in [-0.2, 0) is 32.3 Å². The van der Waals surface area contributed by atoms with Gasteiger partial charge in [0.2, 0.25) is 5.91 Å². The average molecular weight is 469 g/mol. The van der Waals surface area contributed by atoms with Gasteiger partial charge in [0, 0.05) is 25.9 Å². The number of nitrogens with one attached hydrogen (secondary N) is 2. The van der Waals surface area contributed by atoms with Gasteiger partial charge in [-0.25, -0.2) is 4.79 Å². The van der Waals surface area contributed by atoms with Gasteiger partial charge in [-0.3, -0.25) is 9.59 Å². The molecule has 2 aromatic carbocycles. The number of hydrogen-bond acceptors (Lipinski definition) is 5. The summed E-state index contributed by atoms with van der Waals surface area (Å²) in [5.74, 6) is -0.149. The van der Waals surface area contributed by atoms with E-state index in [1.54, 1.807) is 0 Å². The molecule has 0 bridgehead atoms. The molecule has 7 heteroatoms. The summed E-state index contributed by atoms with van der Waals surface area (Å²) in [4.78, 5) is 35.3. The Kier molecular flexibility index (Phi) is 13.6. The van der Waals surface area contributed by atoms with E-state index in [2.05, 4.69) is 10.6 Å². The Labute approximate surface area is 202 Å². The highest BCUT2D eigenvalue weighted by Crippen LogP contribution is 2.06. The van der Waals surface area contributed by atoms with E-state index >= 15 is 0 Å². The fourth-order valence-corrected chi connectivity index (χ4v) is 3.25. The van der Waals surface area contributed by atoms with Crippen molar-refractivity contribution in [1.29, 1.82) is 0 Å². The molecule has 7 nitrogen and oxygen atoms in total. The SMILES string of the molecule is O=C(CCCCCNC(=O)OCc1ccccc1)NCCCCCC(=O)OCc1ccccc1. The van der Waals surface area contributed by atoms with Crippen molar-refractivity contribution in [3.63, 3.8) is 0 Å². The molecule has 34 heavy (non-hydrogen) atoms. The molecule has 0 atom stereocenters. The molecule has 0 saturated heterocycles. The first kappa shape index (κ1) is 26.9. The molecule has 0 aliphatic carbocycles. The van der Waals surface area contributed by atoms with Crippen LogP contribution in [0.25, 0.3) is 0 Å². The fraction of sp³-hybridized carbons (Fsp3) is 0.444. The van der Waals surface area contributed by atoms with Crippen molar-refractivity contribution in [1.82, 2.24) is 10.6 Å². The maximum Gasteiger partial charge on any atom is 0.407 e. The van der Waals surface area contributed by atoms with E-state index in [1.807, 2.05) is 60.7 Å². The molecule has 0 spiro atoms. The normalized spacial score (nSPS) is 10.4. The summed E-state index contributed by atoms with van der Waals surface area (Å²) in [7, 11) is 0. The Balaban J connectivity index is 1.35. The summed E-state index contributed by atoms with van der Waals surface area (Å²) in [6, 6.07) is 19.2. The summed E-state index contributed by atoms with van der Waals surface area (Å²) in [6.07, 6.45) is 5.35. The van der Waals surface area contributed by atoms with E-state index in [9.17, 15) is 14.4 Å². The molecule has 2 amide bonds. The third kappa shape index (κ3) is 13.3. The smallest absolute Gasteiger partial charge is 0.407 e. The number of hydrogen-bond donors (Lipinski definition) is 2. The van der Waals surface area contributed by atoms with E-state index in [0.717, 1.165) is 49.7 Å². The molecule has 0 heterocycles. The zero-order valence-electron chi connectivity index (χ0n) is 19.8. The van der Waals surface area contributed by atoms with Crippen LogP contribution >= 0.6 is 0 Å². The lowest BCUT2D eigenvalue weighted by atomic mass is 10.1. The van der Waals surface area contributed by atoms with Gasteiger partial charge in [-0.1, -0.05) is 73.5 Å². The molecule has 0 aromatic heterocycles. The zero-order chi connectivity index (χ0) is 24.3. The van der Waals surface area contributed by atoms with Gasteiger partial charge in [-0.15, -0.1) is 0 Å². The number of rotatable bonds is 16. The van der Waals surface area contributed by atoms with Crippen LogP contribution in [0.5, 0.6) is 0 Å². The molecule has 0 aliphatic rings. The van der Waals surface area contributed by atoms with Crippen molar-refractivity contribution < 1.29 is 23.9 Å². The average Bonchev–Trinajstić information content (AvgIpc) is 2.87. The highest BCUT2D eigenvalue weighted by molar-refractivity contribution is 5.75. The minimum absolute atomic E-state index is 0.0394. The van der Waals surface area contributed by atoms with Crippen LogP contribution in [0.1, 0.15) is 62.5 Å². The number of ether oxygens (including phenoxy) is 2. The summed E-state index contributed by atoms with van der Waals surface area (Å²) >= 11 is 0. The topological polar surface area (TPSA) is 93.7 Å². The van der Waals surface area contributed by atoms with Crippen LogP contribution in [0, 0.1) is 0 Å². The number of carbonyl (C=O) groups is 3. The van der Waals surface area contributed by atoms with Crippen LogP contribution in [0.4, 0.5) is 4.79 Å². The monoisotopic (exact) mass is 468 g/mol. The Hall–Kier alpha value is -3.35. The highest BCUT2D eigenvalue weighted by Gasteiger charge is 2.05. The van der Waals surface area contributed by atoms with E-state index in [4.69, 9.17) is 9.47 Å². The number of esters is 1. The van der Waals surface area contributed by atoms with E-state index in [0.29, 0.717) is 32.5 Å². The lowest BCUT2D eigenvalue weighted by Crippen LogP contribution is -2.25. The number of amides is 2. The van der Waals surface area contributed by atoms with Crippen molar-refractivity contribution in [3.05, 3.63) is 71.8 Å². The van der Waals surface area contributed by atoms with E-state index in [1.165, 1.54) is 0 Å². The summed E-state index contributed by atoms with van der Waals surface area (Å²) in [6.45, 7) is 1.71. The molecule has 184 valence electrons. The van der Waals surface area contributed by atoms with Crippen LogP contribution in [0.2, 0.25) is 0 Å².